The zero-order valence-electron chi connectivity index (χ0n) is 10.3. The molecule has 0 unspecified atom stereocenters. The molecule has 82 valence electrons. The smallest absolute Gasteiger partial charge is 0.163 e. The van der Waals surface area contributed by atoms with Crippen LogP contribution in [0, 0.1) is 19.3 Å². The Balaban J connectivity index is 2.97. The van der Waals surface area contributed by atoms with E-state index in [4.69, 9.17) is 0 Å². The summed E-state index contributed by atoms with van der Waals surface area (Å²) in [5, 5.41) is 0. The molecule has 1 heteroatoms. The highest BCUT2D eigenvalue weighted by molar-refractivity contribution is 5.98. The summed E-state index contributed by atoms with van der Waals surface area (Å²) in [5.74, 6) is 0.253. The fourth-order valence-corrected chi connectivity index (χ4v) is 1.63. The predicted octanol–water partition coefficient (Wildman–Crippen LogP) is 3.92. The van der Waals surface area contributed by atoms with Crippen LogP contribution in [-0.4, -0.2) is 5.78 Å². The molecule has 0 spiro atoms. The van der Waals surface area contributed by atoms with E-state index in [2.05, 4.69) is 20.8 Å². The van der Waals surface area contributed by atoms with Gasteiger partial charge >= 0.3 is 0 Å². The molecule has 0 atom stereocenters. The fraction of sp³-hybridized carbons (Fsp3) is 0.500. The Morgan fingerprint density at radius 1 is 1.20 bits per heavy atom. The minimum Gasteiger partial charge on any atom is -0.294 e. The molecular formula is C14H20O. The molecule has 0 N–H and O–H groups in total. The van der Waals surface area contributed by atoms with E-state index in [1.165, 1.54) is 5.56 Å². The molecule has 0 saturated heterocycles. The zero-order chi connectivity index (χ0) is 11.6. The Hall–Kier alpha value is -1.11. The van der Waals surface area contributed by atoms with Gasteiger partial charge in [0.25, 0.3) is 0 Å². The van der Waals surface area contributed by atoms with Crippen molar-refractivity contribution in [1.29, 1.82) is 0 Å². The van der Waals surface area contributed by atoms with Gasteiger partial charge in [0, 0.05) is 12.0 Å². The number of aryl methyl sites for hydroxylation is 1. The maximum atomic E-state index is 12.0. The number of Topliss-reactive ketones (excluding diaryl/α,β-unsaturated/α-hetero) is 1. The molecule has 15 heavy (non-hydrogen) atoms. The monoisotopic (exact) mass is 204 g/mol. The predicted molar refractivity (Wildman–Crippen MR) is 64.3 cm³/mol. The second kappa shape index (κ2) is 4.18. The molecule has 0 heterocycles. The first-order valence-electron chi connectivity index (χ1n) is 5.41. The average Bonchev–Trinajstić information content (AvgIpc) is 2.06. The lowest BCUT2D eigenvalue weighted by Crippen LogP contribution is -2.14. The highest BCUT2D eigenvalue weighted by atomic mass is 16.1. The number of hydrogen-bond donors (Lipinski definition) is 0. The van der Waals surface area contributed by atoms with Gasteiger partial charge in [-0.25, -0.2) is 0 Å². The van der Waals surface area contributed by atoms with Crippen LogP contribution in [0.4, 0.5) is 0 Å². The molecule has 1 rings (SSSR count). The fourth-order valence-electron chi connectivity index (χ4n) is 1.63. The van der Waals surface area contributed by atoms with Crippen molar-refractivity contribution in [2.45, 2.75) is 41.0 Å². The lowest BCUT2D eigenvalue weighted by Gasteiger charge is -2.17. The second-order valence-corrected chi connectivity index (χ2v) is 5.41. The van der Waals surface area contributed by atoms with E-state index in [1.807, 2.05) is 32.0 Å². The molecule has 0 amide bonds. The van der Waals surface area contributed by atoms with Gasteiger partial charge in [0.15, 0.2) is 5.78 Å². The van der Waals surface area contributed by atoms with Crippen molar-refractivity contribution in [3.63, 3.8) is 0 Å². The van der Waals surface area contributed by atoms with Crippen molar-refractivity contribution >= 4 is 5.78 Å². The summed E-state index contributed by atoms with van der Waals surface area (Å²) in [6, 6.07) is 5.93. The van der Waals surface area contributed by atoms with Crippen LogP contribution in [0.3, 0.4) is 0 Å². The maximum absolute atomic E-state index is 12.0. The number of ketones is 1. The van der Waals surface area contributed by atoms with Crippen molar-refractivity contribution in [3.05, 3.63) is 34.9 Å². The van der Waals surface area contributed by atoms with Crippen LogP contribution in [0.15, 0.2) is 18.2 Å². The zero-order valence-corrected chi connectivity index (χ0v) is 10.3. The number of hydrogen-bond acceptors (Lipinski definition) is 1. The summed E-state index contributed by atoms with van der Waals surface area (Å²) in [4.78, 5) is 12.0. The van der Waals surface area contributed by atoms with Crippen LogP contribution in [0.25, 0.3) is 0 Å². The van der Waals surface area contributed by atoms with Crippen LogP contribution in [0.2, 0.25) is 0 Å². The first-order valence-corrected chi connectivity index (χ1v) is 5.41. The van der Waals surface area contributed by atoms with E-state index >= 15 is 0 Å². The van der Waals surface area contributed by atoms with Gasteiger partial charge in [-0.3, -0.25) is 4.79 Å². The molecule has 0 radical (unpaired) electrons. The Bertz CT molecular complexity index is 369. The van der Waals surface area contributed by atoms with Crippen molar-refractivity contribution in [2.24, 2.45) is 5.41 Å². The topological polar surface area (TPSA) is 17.1 Å². The SMILES string of the molecule is Cc1cccc(C(=O)CC(C)(C)C)c1C. The van der Waals surface area contributed by atoms with E-state index < -0.39 is 0 Å². The minimum absolute atomic E-state index is 0.0628. The van der Waals surface area contributed by atoms with Gasteiger partial charge in [0.1, 0.15) is 0 Å². The van der Waals surface area contributed by atoms with Crippen LogP contribution < -0.4 is 0 Å². The molecule has 0 saturated carbocycles. The van der Waals surface area contributed by atoms with E-state index in [0.717, 1.165) is 11.1 Å². The van der Waals surface area contributed by atoms with Crippen molar-refractivity contribution in [2.75, 3.05) is 0 Å². The number of rotatable bonds is 2. The largest absolute Gasteiger partial charge is 0.294 e. The van der Waals surface area contributed by atoms with Gasteiger partial charge < -0.3 is 0 Å². The first kappa shape index (κ1) is 12.0. The minimum atomic E-state index is 0.0628. The molecule has 0 aromatic heterocycles. The van der Waals surface area contributed by atoms with Gasteiger partial charge in [-0.05, 0) is 30.4 Å². The summed E-state index contributed by atoms with van der Waals surface area (Å²) in [7, 11) is 0. The third kappa shape index (κ3) is 3.19. The van der Waals surface area contributed by atoms with Crippen LogP contribution >= 0.6 is 0 Å². The second-order valence-electron chi connectivity index (χ2n) is 5.41. The molecule has 0 aliphatic rings. The number of benzene rings is 1. The molecule has 1 aromatic carbocycles. The van der Waals surface area contributed by atoms with Crippen LogP contribution in [0.1, 0.15) is 48.7 Å². The summed E-state index contributed by atoms with van der Waals surface area (Å²) in [6.07, 6.45) is 0.608. The van der Waals surface area contributed by atoms with Gasteiger partial charge in [0.2, 0.25) is 0 Å². The van der Waals surface area contributed by atoms with Crippen LogP contribution in [-0.2, 0) is 0 Å². The van der Waals surface area contributed by atoms with Crippen molar-refractivity contribution in [3.8, 4) is 0 Å². The van der Waals surface area contributed by atoms with Gasteiger partial charge in [-0.2, -0.15) is 0 Å². The maximum Gasteiger partial charge on any atom is 0.163 e. The first-order chi connectivity index (χ1) is 6.81. The van der Waals surface area contributed by atoms with E-state index in [-0.39, 0.29) is 11.2 Å². The normalized spacial score (nSPS) is 11.5. The lowest BCUT2D eigenvalue weighted by molar-refractivity contribution is 0.0939. The Morgan fingerprint density at radius 3 is 2.33 bits per heavy atom. The van der Waals surface area contributed by atoms with Crippen LogP contribution in [0.5, 0.6) is 0 Å². The molecular weight excluding hydrogens is 184 g/mol. The van der Waals surface area contributed by atoms with Gasteiger partial charge in [-0.15, -0.1) is 0 Å². The lowest BCUT2D eigenvalue weighted by atomic mass is 9.86. The van der Waals surface area contributed by atoms with Gasteiger partial charge in [-0.1, -0.05) is 39.0 Å². The van der Waals surface area contributed by atoms with Gasteiger partial charge in [0.05, 0.1) is 0 Å². The highest BCUT2D eigenvalue weighted by Crippen LogP contribution is 2.23. The van der Waals surface area contributed by atoms with Crippen molar-refractivity contribution < 1.29 is 4.79 Å². The van der Waals surface area contributed by atoms with E-state index in [9.17, 15) is 4.79 Å². The quantitative estimate of drug-likeness (QED) is 0.667. The Labute approximate surface area is 92.5 Å². The van der Waals surface area contributed by atoms with Crippen molar-refractivity contribution in [1.82, 2.24) is 0 Å². The highest BCUT2D eigenvalue weighted by Gasteiger charge is 2.18. The standard InChI is InChI=1S/C14H20O/c1-10-7-6-8-12(11(10)2)13(15)9-14(3,4)5/h6-8H,9H2,1-5H3. The number of carbonyl (C=O) groups is 1. The average molecular weight is 204 g/mol. The summed E-state index contributed by atoms with van der Waals surface area (Å²) >= 11 is 0. The van der Waals surface area contributed by atoms with E-state index in [1.54, 1.807) is 0 Å². The molecule has 0 aliphatic heterocycles. The Morgan fingerprint density at radius 2 is 1.80 bits per heavy atom. The van der Waals surface area contributed by atoms with E-state index in [0.29, 0.717) is 6.42 Å². The molecule has 1 aromatic rings. The summed E-state index contributed by atoms with van der Waals surface area (Å²) in [5.41, 5.74) is 3.25. The molecule has 0 aliphatic carbocycles. The summed E-state index contributed by atoms with van der Waals surface area (Å²) in [6.45, 7) is 10.3. The molecule has 0 bridgehead atoms. The molecule has 1 nitrogen and oxygen atoms in total. The Kier molecular flexibility index (Phi) is 3.33. The third-order valence-electron chi connectivity index (χ3n) is 2.60. The molecule has 0 fully saturated rings. The summed E-state index contributed by atoms with van der Waals surface area (Å²) < 4.78 is 0. The third-order valence-corrected chi connectivity index (χ3v) is 2.60. The number of carbonyl (C=O) groups excluding carboxylic acids is 1.